The van der Waals surface area contributed by atoms with Crippen molar-refractivity contribution in [1.29, 1.82) is 0 Å². The number of amides is 1. The number of carbonyl (C=O) groups is 1. The molecule has 0 spiro atoms. The van der Waals surface area contributed by atoms with Crippen LogP contribution in [-0.4, -0.2) is 30.0 Å². The highest BCUT2D eigenvalue weighted by atomic mass is 35.5. The molecule has 1 amide bonds. The van der Waals surface area contributed by atoms with Crippen molar-refractivity contribution in [2.75, 3.05) is 16.8 Å². The molecule has 12 heteroatoms. The van der Waals surface area contributed by atoms with Gasteiger partial charge in [0.15, 0.2) is 5.16 Å². The minimum absolute atomic E-state index is 0.0225. The van der Waals surface area contributed by atoms with Crippen LogP contribution in [0.2, 0.25) is 9.36 Å². The maximum absolute atomic E-state index is 12.6. The Morgan fingerprint density at radius 2 is 1.89 bits per heavy atom. The van der Waals surface area contributed by atoms with E-state index in [0.29, 0.717) is 15.0 Å². The standard InChI is InChI=1S/C16H12Cl2N4O3S3/c17-9-1-3-10(4-2-9)21-13(23)8-26-16-20-7-11(15(19)22-16)28(24,25)14-6-5-12(18)27-14/h1-7H,8H2,(H,21,23)(H2,19,20,22). The Hall–Kier alpha value is -1.85. The summed E-state index contributed by atoms with van der Waals surface area (Å²) in [6.45, 7) is 0. The number of nitrogens with one attached hydrogen (secondary N) is 1. The van der Waals surface area contributed by atoms with Crippen molar-refractivity contribution in [3.63, 3.8) is 0 Å². The van der Waals surface area contributed by atoms with Crippen LogP contribution in [0.4, 0.5) is 11.5 Å². The number of carbonyl (C=O) groups excluding carboxylic acids is 1. The van der Waals surface area contributed by atoms with Gasteiger partial charge in [-0.25, -0.2) is 18.4 Å². The molecule has 0 saturated heterocycles. The number of benzene rings is 1. The van der Waals surface area contributed by atoms with Gasteiger partial charge in [-0.2, -0.15) is 0 Å². The third-order valence-corrected chi connectivity index (χ3v) is 7.93. The van der Waals surface area contributed by atoms with E-state index >= 15 is 0 Å². The molecule has 0 atom stereocenters. The molecule has 146 valence electrons. The first-order valence-electron chi connectivity index (χ1n) is 7.57. The maximum atomic E-state index is 12.6. The number of nitrogen functional groups attached to an aromatic ring is 1. The highest BCUT2D eigenvalue weighted by Crippen LogP contribution is 2.32. The molecule has 3 aromatic rings. The Bertz CT molecular complexity index is 1120. The smallest absolute Gasteiger partial charge is 0.234 e. The molecule has 2 heterocycles. The predicted molar refractivity (Wildman–Crippen MR) is 112 cm³/mol. The normalized spacial score (nSPS) is 11.4. The molecule has 7 nitrogen and oxygen atoms in total. The number of sulfone groups is 1. The molecule has 3 rings (SSSR count). The quantitative estimate of drug-likeness (QED) is 0.409. The lowest BCUT2D eigenvalue weighted by Gasteiger charge is -2.07. The number of anilines is 2. The molecule has 0 unspecified atom stereocenters. The molecule has 28 heavy (non-hydrogen) atoms. The van der Waals surface area contributed by atoms with Gasteiger partial charge in [-0.1, -0.05) is 35.0 Å². The summed E-state index contributed by atoms with van der Waals surface area (Å²) in [7, 11) is -3.86. The van der Waals surface area contributed by atoms with E-state index in [9.17, 15) is 13.2 Å². The molecule has 0 radical (unpaired) electrons. The Morgan fingerprint density at radius 3 is 2.50 bits per heavy atom. The van der Waals surface area contributed by atoms with Gasteiger partial charge in [0.2, 0.25) is 15.7 Å². The number of rotatable bonds is 6. The second kappa shape index (κ2) is 8.66. The summed E-state index contributed by atoms with van der Waals surface area (Å²) in [5, 5.41) is 3.45. The third kappa shape index (κ3) is 4.95. The fourth-order valence-corrected chi connectivity index (χ4v) is 5.67. The summed E-state index contributed by atoms with van der Waals surface area (Å²) in [4.78, 5) is 19.8. The highest BCUT2D eigenvalue weighted by Gasteiger charge is 2.24. The number of hydrogen-bond donors (Lipinski definition) is 2. The SMILES string of the molecule is Nc1nc(SCC(=O)Nc2ccc(Cl)cc2)ncc1S(=O)(=O)c1ccc(Cl)s1. The minimum Gasteiger partial charge on any atom is -0.382 e. The zero-order valence-electron chi connectivity index (χ0n) is 13.9. The molecule has 2 aromatic heterocycles. The minimum atomic E-state index is -3.86. The van der Waals surface area contributed by atoms with Gasteiger partial charge in [-0.05, 0) is 36.4 Å². The molecule has 0 aliphatic carbocycles. The second-order valence-electron chi connectivity index (χ2n) is 5.31. The van der Waals surface area contributed by atoms with E-state index in [1.165, 1.54) is 12.1 Å². The molecule has 0 saturated carbocycles. The van der Waals surface area contributed by atoms with Crippen molar-refractivity contribution in [1.82, 2.24) is 9.97 Å². The van der Waals surface area contributed by atoms with Gasteiger partial charge in [0.1, 0.15) is 14.9 Å². The highest BCUT2D eigenvalue weighted by molar-refractivity contribution is 7.99. The van der Waals surface area contributed by atoms with E-state index in [0.717, 1.165) is 29.3 Å². The molecule has 3 N–H and O–H groups in total. The van der Waals surface area contributed by atoms with Crippen LogP contribution in [0.1, 0.15) is 0 Å². The van der Waals surface area contributed by atoms with Crippen molar-refractivity contribution in [3.8, 4) is 0 Å². The Labute approximate surface area is 179 Å². The summed E-state index contributed by atoms with van der Waals surface area (Å²) in [5.74, 6) is -0.450. The zero-order valence-corrected chi connectivity index (χ0v) is 17.9. The maximum Gasteiger partial charge on any atom is 0.234 e. The molecular weight excluding hydrogens is 463 g/mol. The van der Waals surface area contributed by atoms with E-state index in [1.54, 1.807) is 24.3 Å². The van der Waals surface area contributed by atoms with Crippen LogP contribution in [0, 0.1) is 0 Å². The van der Waals surface area contributed by atoms with Crippen LogP contribution in [0.15, 0.2) is 56.9 Å². The summed E-state index contributed by atoms with van der Waals surface area (Å²) in [6, 6.07) is 9.55. The van der Waals surface area contributed by atoms with E-state index in [4.69, 9.17) is 28.9 Å². The van der Waals surface area contributed by atoms with Crippen LogP contribution in [0.5, 0.6) is 0 Å². The van der Waals surface area contributed by atoms with Gasteiger partial charge in [0.05, 0.1) is 16.3 Å². The average Bonchev–Trinajstić information content (AvgIpc) is 3.09. The van der Waals surface area contributed by atoms with Crippen molar-refractivity contribution < 1.29 is 13.2 Å². The van der Waals surface area contributed by atoms with Crippen LogP contribution >= 0.6 is 46.3 Å². The fraction of sp³-hybridized carbons (Fsp3) is 0.0625. The Balaban J connectivity index is 1.67. The average molecular weight is 475 g/mol. The Morgan fingerprint density at radius 1 is 1.18 bits per heavy atom. The number of thiophene rings is 1. The van der Waals surface area contributed by atoms with Gasteiger partial charge in [0.25, 0.3) is 0 Å². The molecule has 0 aliphatic rings. The Kier molecular flexibility index (Phi) is 6.46. The van der Waals surface area contributed by atoms with Gasteiger partial charge in [-0.15, -0.1) is 11.3 Å². The van der Waals surface area contributed by atoms with E-state index in [1.807, 2.05) is 0 Å². The number of nitrogens with two attached hydrogens (primary N) is 1. The van der Waals surface area contributed by atoms with Crippen LogP contribution in [0.3, 0.4) is 0 Å². The first-order valence-corrected chi connectivity index (χ1v) is 11.6. The number of hydrogen-bond acceptors (Lipinski definition) is 8. The van der Waals surface area contributed by atoms with Crippen LogP contribution < -0.4 is 11.1 Å². The van der Waals surface area contributed by atoms with E-state index < -0.39 is 9.84 Å². The predicted octanol–water partition coefficient (Wildman–Crippen LogP) is 3.99. The monoisotopic (exact) mass is 474 g/mol. The first kappa shape index (κ1) is 20.9. The number of nitrogens with zero attached hydrogens (tertiary/aromatic N) is 2. The van der Waals surface area contributed by atoms with Gasteiger partial charge in [-0.3, -0.25) is 4.79 Å². The van der Waals surface area contributed by atoms with E-state index in [-0.39, 0.29) is 31.7 Å². The van der Waals surface area contributed by atoms with Crippen LogP contribution in [-0.2, 0) is 14.6 Å². The van der Waals surface area contributed by atoms with E-state index in [2.05, 4.69) is 15.3 Å². The van der Waals surface area contributed by atoms with Gasteiger partial charge >= 0.3 is 0 Å². The summed E-state index contributed by atoms with van der Waals surface area (Å²) in [6.07, 6.45) is 1.13. The largest absolute Gasteiger partial charge is 0.382 e. The molecular formula is C16H12Cl2N4O3S3. The van der Waals surface area contributed by atoms with Crippen molar-refractivity contribution in [3.05, 3.63) is 52.0 Å². The molecule has 0 aliphatic heterocycles. The van der Waals surface area contributed by atoms with Crippen LogP contribution in [0.25, 0.3) is 0 Å². The fourth-order valence-electron chi connectivity index (χ4n) is 2.05. The third-order valence-electron chi connectivity index (χ3n) is 3.32. The lowest BCUT2D eigenvalue weighted by molar-refractivity contribution is -0.113. The summed E-state index contributed by atoms with van der Waals surface area (Å²) < 4.78 is 25.6. The number of aromatic nitrogens is 2. The number of thioether (sulfide) groups is 1. The zero-order chi connectivity index (χ0) is 20.3. The van der Waals surface area contributed by atoms with Crippen molar-refractivity contribution in [2.24, 2.45) is 0 Å². The lowest BCUT2D eigenvalue weighted by Crippen LogP contribution is -2.14. The molecule has 1 aromatic carbocycles. The van der Waals surface area contributed by atoms with Gasteiger partial charge in [0, 0.05) is 10.7 Å². The summed E-state index contributed by atoms with van der Waals surface area (Å²) in [5.41, 5.74) is 6.41. The topological polar surface area (TPSA) is 115 Å². The van der Waals surface area contributed by atoms with Crippen molar-refractivity contribution >= 4 is 73.6 Å². The second-order valence-corrected chi connectivity index (χ2v) is 10.5. The lowest BCUT2D eigenvalue weighted by atomic mass is 10.3. The van der Waals surface area contributed by atoms with Crippen molar-refractivity contribution in [2.45, 2.75) is 14.3 Å². The number of halogens is 2. The molecule has 0 bridgehead atoms. The van der Waals surface area contributed by atoms with Gasteiger partial charge < -0.3 is 11.1 Å². The summed E-state index contributed by atoms with van der Waals surface area (Å²) >= 11 is 13.5. The molecule has 0 fully saturated rings. The first-order chi connectivity index (χ1) is 13.3.